The van der Waals surface area contributed by atoms with Crippen LogP contribution in [0.4, 0.5) is 5.88 Å². The molecule has 0 spiro atoms. The zero-order valence-corrected chi connectivity index (χ0v) is 10.1. The minimum Gasteiger partial charge on any atom is -0.395 e. The third-order valence-corrected chi connectivity index (χ3v) is 2.48. The second-order valence-electron chi connectivity index (χ2n) is 3.32. The summed E-state index contributed by atoms with van der Waals surface area (Å²) in [5.74, 6) is -0.345. The lowest BCUT2D eigenvalue weighted by Crippen LogP contribution is -2.31. The molecule has 7 heteroatoms. The van der Waals surface area contributed by atoms with Gasteiger partial charge in [-0.05, 0) is 19.4 Å². The van der Waals surface area contributed by atoms with Crippen LogP contribution in [0.25, 0.3) is 0 Å². The van der Waals surface area contributed by atoms with Gasteiger partial charge < -0.3 is 9.32 Å². The van der Waals surface area contributed by atoms with E-state index >= 15 is 0 Å². The largest absolute Gasteiger partial charge is 0.433 e. The van der Waals surface area contributed by atoms with E-state index in [0.29, 0.717) is 25.4 Å². The van der Waals surface area contributed by atoms with Crippen LogP contribution in [0.5, 0.6) is 0 Å². The van der Waals surface area contributed by atoms with Crippen LogP contribution >= 0.6 is 11.6 Å². The van der Waals surface area contributed by atoms with Crippen LogP contribution < -0.4 is 0 Å². The molecule has 0 saturated carbocycles. The molecule has 94 valence electrons. The molecule has 1 rings (SSSR count). The summed E-state index contributed by atoms with van der Waals surface area (Å²) in [5, 5.41) is 10.4. The van der Waals surface area contributed by atoms with Gasteiger partial charge in [-0.25, -0.2) is 0 Å². The summed E-state index contributed by atoms with van der Waals surface area (Å²) < 4.78 is 4.85. The molecule has 0 saturated heterocycles. The summed E-state index contributed by atoms with van der Waals surface area (Å²) in [6, 6.07) is 2.48. The molecular weight excluding hydrogens is 248 g/mol. The molecule has 0 bridgehead atoms. The number of amides is 1. The van der Waals surface area contributed by atoms with Gasteiger partial charge in [0.1, 0.15) is 4.92 Å². The maximum absolute atomic E-state index is 11.9. The maximum Gasteiger partial charge on any atom is 0.433 e. The third kappa shape index (κ3) is 3.45. The number of rotatable bonds is 6. The Morgan fingerprint density at radius 2 is 2.29 bits per heavy atom. The van der Waals surface area contributed by atoms with E-state index in [1.165, 1.54) is 17.0 Å². The number of hydrogen-bond donors (Lipinski definition) is 0. The van der Waals surface area contributed by atoms with Gasteiger partial charge in [0.15, 0.2) is 5.76 Å². The average molecular weight is 261 g/mol. The maximum atomic E-state index is 11.9. The van der Waals surface area contributed by atoms with E-state index in [1.54, 1.807) is 0 Å². The van der Waals surface area contributed by atoms with Gasteiger partial charge >= 0.3 is 5.88 Å². The Kier molecular flexibility index (Phi) is 4.96. The van der Waals surface area contributed by atoms with E-state index in [4.69, 9.17) is 16.0 Å². The molecule has 0 fully saturated rings. The number of alkyl halides is 1. The fourth-order valence-corrected chi connectivity index (χ4v) is 1.47. The van der Waals surface area contributed by atoms with Crippen molar-refractivity contribution in [3.8, 4) is 0 Å². The Morgan fingerprint density at radius 1 is 1.59 bits per heavy atom. The first-order valence-electron chi connectivity index (χ1n) is 5.19. The van der Waals surface area contributed by atoms with E-state index in [-0.39, 0.29) is 11.7 Å². The van der Waals surface area contributed by atoms with Gasteiger partial charge in [-0.2, -0.15) is 0 Å². The van der Waals surface area contributed by atoms with Crippen molar-refractivity contribution in [1.29, 1.82) is 0 Å². The Hall–Kier alpha value is -1.56. The summed E-state index contributed by atoms with van der Waals surface area (Å²) in [6.07, 6.45) is 0.671. The van der Waals surface area contributed by atoms with E-state index in [0.717, 1.165) is 0 Å². The van der Waals surface area contributed by atoms with Crippen molar-refractivity contribution >= 4 is 23.4 Å². The standard InChI is InChI=1S/C10H13ClN2O4/c1-2-12(7-3-6-11)10(14)8-4-5-9(17-8)13(15)16/h4-5H,2-3,6-7H2,1H3. The van der Waals surface area contributed by atoms with Crippen molar-refractivity contribution in [2.45, 2.75) is 13.3 Å². The van der Waals surface area contributed by atoms with Gasteiger partial charge in [-0.15, -0.1) is 11.6 Å². The number of furan rings is 1. The van der Waals surface area contributed by atoms with Crippen molar-refractivity contribution in [3.63, 3.8) is 0 Å². The fraction of sp³-hybridized carbons (Fsp3) is 0.500. The van der Waals surface area contributed by atoms with E-state index < -0.39 is 10.8 Å². The summed E-state index contributed by atoms with van der Waals surface area (Å²) in [6.45, 7) is 2.83. The van der Waals surface area contributed by atoms with Gasteiger partial charge in [-0.1, -0.05) is 0 Å². The molecule has 1 amide bonds. The molecule has 1 aromatic rings. The highest BCUT2D eigenvalue weighted by atomic mass is 35.5. The zero-order valence-electron chi connectivity index (χ0n) is 9.39. The number of carbonyl (C=O) groups is 1. The molecule has 0 aromatic carbocycles. The average Bonchev–Trinajstić information content (AvgIpc) is 2.79. The number of carbonyl (C=O) groups excluding carboxylic acids is 1. The number of hydrogen-bond acceptors (Lipinski definition) is 4. The van der Waals surface area contributed by atoms with Gasteiger partial charge in [0.25, 0.3) is 5.91 Å². The molecule has 0 aliphatic carbocycles. The van der Waals surface area contributed by atoms with E-state index in [1.807, 2.05) is 6.92 Å². The highest BCUT2D eigenvalue weighted by Gasteiger charge is 2.21. The molecule has 1 aromatic heterocycles. The normalized spacial score (nSPS) is 10.2. The Bertz CT molecular complexity index is 405. The van der Waals surface area contributed by atoms with E-state index in [9.17, 15) is 14.9 Å². The molecule has 0 aliphatic rings. The first-order valence-corrected chi connectivity index (χ1v) is 5.73. The molecule has 0 aliphatic heterocycles. The smallest absolute Gasteiger partial charge is 0.395 e. The molecular formula is C10H13ClN2O4. The summed E-state index contributed by atoms with van der Waals surface area (Å²) in [5.41, 5.74) is 0. The number of nitro groups is 1. The summed E-state index contributed by atoms with van der Waals surface area (Å²) in [7, 11) is 0. The van der Waals surface area contributed by atoms with Gasteiger partial charge in [-0.3, -0.25) is 14.9 Å². The van der Waals surface area contributed by atoms with Crippen LogP contribution in [-0.2, 0) is 0 Å². The monoisotopic (exact) mass is 260 g/mol. The number of halogens is 1. The van der Waals surface area contributed by atoms with Crippen molar-refractivity contribution in [3.05, 3.63) is 28.0 Å². The Balaban J connectivity index is 2.75. The predicted octanol–water partition coefficient (Wildman–Crippen LogP) is 2.28. The lowest BCUT2D eigenvalue weighted by atomic mass is 10.3. The van der Waals surface area contributed by atoms with Crippen molar-refractivity contribution in [2.24, 2.45) is 0 Å². The zero-order chi connectivity index (χ0) is 12.8. The lowest BCUT2D eigenvalue weighted by molar-refractivity contribution is -0.402. The topological polar surface area (TPSA) is 76.6 Å². The SMILES string of the molecule is CCN(CCCCl)C(=O)c1ccc([N+](=O)[O-])o1. The molecule has 0 unspecified atom stereocenters. The first-order chi connectivity index (χ1) is 8.10. The molecule has 17 heavy (non-hydrogen) atoms. The van der Waals surface area contributed by atoms with Crippen LogP contribution in [-0.4, -0.2) is 34.7 Å². The molecule has 1 heterocycles. The Morgan fingerprint density at radius 3 is 2.76 bits per heavy atom. The first kappa shape index (κ1) is 13.5. The molecule has 0 radical (unpaired) electrons. The number of nitrogens with zero attached hydrogens (tertiary/aromatic N) is 2. The Labute approximate surface area is 103 Å². The molecule has 0 N–H and O–H groups in total. The van der Waals surface area contributed by atoms with Crippen LogP contribution in [0.15, 0.2) is 16.5 Å². The predicted molar refractivity (Wildman–Crippen MR) is 62.3 cm³/mol. The van der Waals surface area contributed by atoms with Crippen LogP contribution in [0.2, 0.25) is 0 Å². The minimum absolute atomic E-state index is 0.0203. The third-order valence-electron chi connectivity index (χ3n) is 2.21. The van der Waals surface area contributed by atoms with Crippen LogP contribution in [0.3, 0.4) is 0 Å². The van der Waals surface area contributed by atoms with Crippen molar-refractivity contribution in [2.75, 3.05) is 19.0 Å². The van der Waals surface area contributed by atoms with Gasteiger partial charge in [0.05, 0.1) is 6.07 Å². The van der Waals surface area contributed by atoms with Crippen molar-refractivity contribution in [1.82, 2.24) is 4.90 Å². The van der Waals surface area contributed by atoms with Gasteiger partial charge in [0, 0.05) is 19.0 Å². The highest BCUT2D eigenvalue weighted by Crippen LogP contribution is 2.17. The lowest BCUT2D eigenvalue weighted by Gasteiger charge is -2.18. The second-order valence-corrected chi connectivity index (χ2v) is 3.70. The van der Waals surface area contributed by atoms with Crippen molar-refractivity contribution < 1.29 is 14.1 Å². The van der Waals surface area contributed by atoms with Crippen LogP contribution in [0, 0.1) is 10.1 Å². The molecule has 0 atom stereocenters. The molecule has 6 nitrogen and oxygen atoms in total. The van der Waals surface area contributed by atoms with Crippen LogP contribution in [0.1, 0.15) is 23.9 Å². The summed E-state index contributed by atoms with van der Waals surface area (Å²) >= 11 is 5.55. The van der Waals surface area contributed by atoms with E-state index in [2.05, 4.69) is 0 Å². The summed E-state index contributed by atoms with van der Waals surface area (Å²) in [4.78, 5) is 23.2. The quantitative estimate of drug-likeness (QED) is 0.447. The minimum atomic E-state index is -0.675. The fourth-order valence-electron chi connectivity index (χ4n) is 1.35. The highest BCUT2D eigenvalue weighted by molar-refractivity contribution is 6.17. The van der Waals surface area contributed by atoms with Gasteiger partial charge in [0.2, 0.25) is 0 Å². The second kappa shape index (κ2) is 6.24.